The molecule has 4 rings (SSSR count). The SMILES string of the molecule is C#CCOCC(O)CN(Cc1c(C)nn(-c2ccccc2)c1Oc1ccccc1)C1CC1. The van der Waals surface area contributed by atoms with Gasteiger partial charge in [0.15, 0.2) is 0 Å². The Morgan fingerprint density at radius 2 is 1.84 bits per heavy atom. The van der Waals surface area contributed by atoms with Crippen molar-refractivity contribution in [2.24, 2.45) is 0 Å². The molecule has 1 unspecified atom stereocenters. The van der Waals surface area contributed by atoms with Gasteiger partial charge < -0.3 is 14.6 Å². The molecule has 1 aromatic heterocycles. The Balaban J connectivity index is 1.62. The number of rotatable bonds is 11. The second-order valence-electron chi connectivity index (χ2n) is 8.07. The molecule has 0 radical (unpaired) electrons. The van der Waals surface area contributed by atoms with Crippen molar-refractivity contribution in [3.63, 3.8) is 0 Å². The molecule has 32 heavy (non-hydrogen) atoms. The third-order valence-corrected chi connectivity index (χ3v) is 5.46. The van der Waals surface area contributed by atoms with Gasteiger partial charge in [-0.1, -0.05) is 42.3 Å². The molecule has 6 heteroatoms. The number of hydrogen-bond donors (Lipinski definition) is 1. The standard InChI is InChI=1S/C26H29N3O3/c1-3-16-31-19-23(30)17-28(21-14-15-21)18-25-20(2)27-29(22-10-6-4-7-11-22)26(25)32-24-12-8-5-9-13-24/h1,4-13,21,23,30H,14-19H2,2H3. The largest absolute Gasteiger partial charge is 0.439 e. The molecule has 6 nitrogen and oxygen atoms in total. The number of aryl methyl sites for hydroxylation is 1. The maximum Gasteiger partial charge on any atom is 0.227 e. The van der Waals surface area contributed by atoms with Crippen molar-refractivity contribution in [2.45, 2.75) is 38.5 Å². The lowest BCUT2D eigenvalue weighted by Crippen LogP contribution is -2.36. The maximum atomic E-state index is 10.5. The zero-order valence-electron chi connectivity index (χ0n) is 18.4. The number of nitrogens with zero attached hydrogens (tertiary/aromatic N) is 3. The smallest absolute Gasteiger partial charge is 0.227 e. The van der Waals surface area contributed by atoms with Crippen LogP contribution in [-0.4, -0.2) is 51.7 Å². The van der Waals surface area contributed by atoms with Crippen LogP contribution < -0.4 is 4.74 Å². The first-order chi connectivity index (χ1) is 15.7. The Morgan fingerprint density at radius 3 is 2.50 bits per heavy atom. The topological polar surface area (TPSA) is 59.8 Å². The molecule has 1 aliphatic rings. The minimum atomic E-state index is -0.605. The van der Waals surface area contributed by atoms with E-state index in [1.54, 1.807) is 0 Å². The Hall–Kier alpha value is -3.11. The average molecular weight is 432 g/mol. The molecule has 2 aromatic carbocycles. The summed E-state index contributed by atoms with van der Waals surface area (Å²) in [7, 11) is 0. The summed E-state index contributed by atoms with van der Waals surface area (Å²) < 4.78 is 13.6. The van der Waals surface area contributed by atoms with E-state index < -0.39 is 6.10 Å². The van der Waals surface area contributed by atoms with Crippen LogP contribution >= 0.6 is 0 Å². The summed E-state index contributed by atoms with van der Waals surface area (Å²) >= 11 is 0. The molecule has 166 valence electrons. The van der Waals surface area contributed by atoms with Gasteiger partial charge >= 0.3 is 0 Å². The molecule has 1 fully saturated rings. The highest BCUT2D eigenvalue weighted by molar-refractivity contribution is 5.43. The summed E-state index contributed by atoms with van der Waals surface area (Å²) in [5.74, 6) is 3.89. The van der Waals surface area contributed by atoms with Gasteiger partial charge in [0.1, 0.15) is 12.4 Å². The second kappa shape index (κ2) is 10.5. The predicted molar refractivity (Wildman–Crippen MR) is 124 cm³/mol. The monoisotopic (exact) mass is 431 g/mol. The van der Waals surface area contributed by atoms with E-state index in [4.69, 9.17) is 21.0 Å². The van der Waals surface area contributed by atoms with Crippen LogP contribution in [0.2, 0.25) is 0 Å². The van der Waals surface area contributed by atoms with Gasteiger partial charge in [-0.25, -0.2) is 4.68 Å². The minimum Gasteiger partial charge on any atom is -0.439 e. The van der Waals surface area contributed by atoms with Gasteiger partial charge in [-0.15, -0.1) is 6.42 Å². The molecule has 0 saturated heterocycles. The van der Waals surface area contributed by atoms with Crippen LogP contribution in [0.25, 0.3) is 5.69 Å². The summed E-state index contributed by atoms with van der Waals surface area (Å²) in [5, 5.41) is 15.3. The molecule has 1 atom stereocenters. The fourth-order valence-corrected chi connectivity index (χ4v) is 3.73. The lowest BCUT2D eigenvalue weighted by molar-refractivity contribution is 0.0241. The van der Waals surface area contributed by atoms with Crippen molar-refractivity contribution in [3.05, 3.63) is 71.9 Å². The fraction of sp³-hybridized carbons (Fsp3) is 0.346. The van der Waals surface area contributed by atoms with Gasteiger partial charge in [0, 0.05) is 19.1 Å². The Bertz CT molecular complexity index is 1040. The lowest BCUT2D eigenvalue weighted by atomic mass is 10.2. The number of terminal acetylenes is 1. The molecular weight excluding hydrogens is 402 g/mol. The fourth-order valence-electron chi connectivity index (χ4n) is 3.73. The average Bonchev–Trinajstić information content (AvgIpc) is 3.61. The first-order valence-electron chi connectivity index (χ1n) is 11.0. The van der Waals surface area contributed by atoms with Crippen LogP contribution in [0, 0.1) is 19.3 Å². The summed E-state index contributed by atoms with van der Waals surface area (Å²) in [6.07, 6.45) is 6.88. The molecule has 1 heterocycles. The van der Waals surface area contributed by atoms with Crippen molar-refractivity contribution in [1.82, 2.24) is 14.7 Å². The van der Waals surface area contributed by atoms with Crippen molar-refractivity contribution in [3.8, 4) is 29.7 Å². The van der Waals surface area contributed by atoms with Gasteiger partial charge in [0.05, 0.1) is 29.7 Å². The Labute approximate surface area is 189 Å². The van der Waals surface area contributed by atoms with Crippen molar-refractivity contribution in [2.75, 3.05) is 19.8 Å². The summed E-state index contributed by atoms with van der Waals surface area (Å²) in [5.41, 5.74) is 2.86. The van der Waals surface area contributed by atoms with E-state index in [0.29, 0.717) is 25.0 Å². The first kappa shape index (κ1) is 22.1. The molecular formula is C26H29N3O3. The molecule has 0 aliphatic heterocycles. The number of ether oxygens (including phenoxy) is 2. The van der Waals surface area contributed by atoms with Crippen LogP contribution in [0.3, 0.4) is 0 Å². The Morgan fingerprint density at radius 1 is 1.16 bits per heavy atom. The van der Waals surface area contributed by atoms with Crippen molar-refractivity contribution < 1.29 is 14.6 Å². The van der Waals surface area contributed by atoms with Crippen LogP contribution in [0.5, 0.6) is 11.6 Å². The highest BCUT2D eigenvalue weighted by Gasteiger charge is 2.32. The van der Waals surface area contributed by atoms with Gasteiger partial charge in [-0.2, -0.15) is 5.10 Å². The number of benzene rings is 2. The van der Waals surface area contributed by atoms with E-state index in [2.05, 4.69) is 10.8 Å². The van der Waals surface area contributed by atoms with E-state index in [0.717, 1.165) is 35.5 Å². The summed E-state index contributed by atoms with van der Waals surface area (Å²) in [6.45, 7) is 3.58. The van der Waals surface area contributed by atoms with Crippen molar-refractivity contribution in [1.29, 1.82) is 0 Å². The number of aliphatic hydroxyl groups is 1. The van der Waals surface area contributed by atoms with E-state index in [9.17, 15) is 5.11 Å². The van der Waals surface area contributed by atoms with E-state index in [1.807, 2.05) is 72.3 Å². The van der Waals surface area contributed by atoms with E-state index in [-0.39, 0.29) is 13.2 Å². The normalized spacial score (nSPS) is 14.3. The quantitative estimate of drug-likeness (QED) is 0.368. The third kappa shape index (κ3) is 5.57. The number of aliphatic hydroxyl groups excluding tert-OH is 1. The summed E-state index contributed by atoms with van der Waals surface area (Å²) in [4.78, 5) is 2.29. The van der Waals surface area contributed by atoms with E-state index >= 15 is 0 Å². The van der Waals surface area contributed by atoms with Crippen LogP contribution in [0.1, 0.15) is 24.1 Å². The minimum absolute atomic E-state index is 0.207. The van der Waals surface area contributed by atoms with Gasteiger partial charge in [-0.05, 0) is 44.0 Å². The number of para-hydroxylation sites is 2. The van der Waals surface area contributed by atoms with Gasteiger partial charge in [0.25, 0.3) is 0 Å². The van der Waals surface area contributed by atoms with Crippen LogP contribution in [0.15, 0.2) is 60.7 Å². The lowest BCUT2D eigenvalue weighted by Gasteiger charge is -2.25. The van der Waals surface area contributed by atoms with Crippen LogP contribution in [-0.2, 0) is 11.3 Å². The number of aromatic nitrogens is 2. The van der Waals surface area contributed by atoms with E-state index in [1.165, 1.54) is 0 Å². The summed E-state index contributed by atoms with van der Waals surface area (Å²) in [6, 6.07) is 20.2. The highest BCUT2D eigenvalue weighted by atomic mass is 16.5. The molecule has 3 aromatic rings. The molecule has 0 bridgehead atoms. The third-order valence-electron chi connectivity index (χ3n) is 5.46. The molecule has 1 aliphatic carbocycles. The zero-order valence-corrected chi connectivity index (χ0v) is 18.4. The van der Waals surface area contributed by atoms with Crippen LogP contribution in [0.4, 0.5) is 0 Å². The second-order valence-corrected chi connectivity index (χ2v) is 8.07. The zero-order chi connectivity index (χ0) is 22.3. The van der Waals surface area contributed by atoms with Gasteiger partial charge in [0.2, 0.25) is 5.88 Å². The highest BCUT2D eigenvalue weighted by Crippen LogP contribution is 2.35. The molecule has 1 N–H and O–H groups in total. The van der Waals surface area contributed by atoms with Crippen molar-refractivity contribution >= 4 is 0 Å². The molecule has 1 saturated carbocycles. The molecule has 0 amide bonds. The predicted octanol–water partition coefficient (Wildman–Crippen LogP) is 3.95. The Kier molecular flexibility index (Phi) is 7.23. The number of hydrogen-bond acceptors (Lipinski definition) is 5. The maximum absolute atomic E-state index is 10.5. The molecule has 0 spiro atoms. The first-order valence-corrected chi connectivity index (χ1v) is 11.0. The van der Waals surface area contributed by atoms with Gasteiger partial charge in [-0.3, -0.25) is 4.90 Å².